The van der Waals surface area contributed by atoms with Crippen LogP contribution >= 0.6 is 11.3 Å². The molecule has 4 rings (SSSR count). The predicted octanol–water partition coefficient (Wildman–Crippen LogP) is 2.26. The van der Waals surface area contributed by atoms with Crippen LogP contribution in [0.15, 0.2) is 24.3 Å². The highest BCUT2D eigenvalue weighted by molar-refractivity contribution is 7.22. The number of morpholine rings is 1. The fourth-order valence-corrected chi connectivity index (χ4v) is 4.27. The number of anilines is 1. The lowest BCUT2D eigenvalue weighted by molar-refractivity contribution is 0.0438. The molecule has 2 aromatic rings. The van der Waals surface area contributed by atoms with Gasteiger partial charge in [0, 0.05) is 39.3 Å². The van der Waals surface area contributed by atoms with E-state index in [9.17, 15) is 4.79 Å². The molecule has 6 nitrogen and oxygen atoms in total. The number of hydrogen-bond donors (Lipinski definition) is 0. The number of amides is 2. The van der Waals surface area contributed by atoms with Crippen molar-refractivity contribution in [3.63, 3.8) is 0 Å². The molecule has 2 aliphatic heterocycles. The van der Waals surface area contributed by atoms with Gasteiger partial charge < -0.3 is 19.4 Å². The molecular formula is C17H22N4O2S. The predicted molar refractivity (Wildman–Crippen MR) is 95.8 cm³/mol. The van der Waals surface area contributed by atoms with Gasteiger partial charge in [-0.15, -0.1) is 0 Å². The van der Waals surface area contributed by atoms with E-state index in [1.165, 1.54) is 4.70 Å². The van der Waals surface area contributed by atoms with Gasteiger partial charge in [-0.3, -0.25) is 0 Å². The fraction of sp³-hybridized carbons (Fsp3) is 0.529. The number of thiazole rings is 1. The molecule has 2 amide bonds. The van der Waals surface area contributed by atoms with Crippen LogP contribution in [0, 0.1) is 0 Å². The normalized spacial score (nSPS) is 19.6. The van der Waals surface area contributed by atoms with Crippen molar-refractivity contribution in [1.82, 2.24) is 14.8 Å². The highest BCUT2D eigenvalue weighted by Gasteiger charge is 2.25. The van der Waals surface area contributed by atoms with Gasteiger partial charge in [-0.05, 0) is 18.6 Å². The molecule has 0 radical (unpaired) electrons. The minimum atomic E-state index is 0.157. The standard InChI is InChI=1S/C17H22N4O2S/c22-17(21-10-12-23-13-11-21)20-7-3-6-19(8-9-20)16-18-14-4-1-2-5-15(14)24-16/h1-2,4-5H,3,6-13H2. The Hall–Kier alpha value is -1.86. The number of carbonyl (C=O) groups is 1. The van der Waals surface area contributed by atoms with Crippen LogP contribution in [0.25, 0.3) is 10.2 Å². The minimum Gasteiger partial charge on any atom is -0.378 e. The van der Waals surface area contributed by atoms with Gasteiger partial charge in [-0.25, -0.2) is 9.78 Å². The summed E-state index contributed by atoms with van der Waals surface area (Å²) in [6.45, 7) is 6.08. The number of nitrogens with zero attached hydrogens (tertiary/aromatic N) is 4. The molecule has 7 heteroatoms. The Morgan fingerprint density at radius 2 is 1.79 bits per heavy atom. The van der Waals surface area contributed by atoms with Crippen LogP contribution < -0.4 is 4.90 Å². The molecule has 3 heterocycles. The average Bonchev–Trinajstić information content (AvgIpc) is 2.91. The first-order valence-electron chi connectivity index (χ1n) is 8.53. The lowest BCUT2D eigenvalue weighted by Crippen LogP contribution is -2.49. The van der Waals surface area contributed by atoms with E-state index in [0.717, 1.165) is 43.2 Å². The zero-order chi connectivity index (χ0) is 16.4. The molecule has 2 fully saturated rings. The van der Waals surface area contributed by atoms with Crippen LogP contribution in [0.4, 0.5) is 9.93 Å². The largest absolute Gasteiger partial charge is 0.378 e. The second-order valence-electron chi connectivity index (χ2n) is 6.17. The Morgan fingerprint density at radius 3 is 2.62 bits per heavy atom. The maximum absolute atomic E-state index is 12.7. The van der Waals surface area contributed by atoms with Crippen molar-refractivity contribution in [2.75, 3.05) is 57.4 Å². The van der Waals surface area contributed by atoms with E-state index in [0.29, 0.717) is 26.3 Å². The van der Waals surface area contributed by atoms with Gasteiger partial charge in [0.1, 0.15) is 0 Å². The average molecular weight is 346 g/mol. The minimum absolute atomic E-state index is 0.157. The second kappa shape index (κ2) is 6.94. The van der Waals surface area contributed by atoms with Gasteiger partial charge in [0.2, 0.25) is 0 Å². The number of rotatable bonds is 1. The first-order valence-corrected chi connectivity index (χ1v) is 9.35. The van der Waals surface area contributed by atoms with Gasteiger partial charge in [0.05, 0.1) is 23.4 Å². The maximum Gasteiger partial charge on any atom is 0.320 e. The number of para-hydroxylation sites is 1. The van der Waals surface area contributed by atoms with E-state index in [1.807, 2.05) is 15.9 Å². The quantitative estimate of drug-likeness (QED) is 0.795. The maximum atomic E-state index is 12.7. The van der Waals surface area contributed by atoms with Crippen molar-refractivity contribution in [3.05, 3.63) is 24.3 Å². The first kappa shape index (κ1) is 15.7. The molecule has 0 bridgehead atoms. The van der Waals surface area contributed by atoms with E-state index in [-0.39, 0.29) is 6.03 Å². The number of hydrogen-bond acceptors (Lipinski definition) is 5. The van der Waals surface area contributed by atoms with E-state index in [4.69, 9.17) is 9.72 Å². The molecule has 0 atom stereocenters. The smallest absolute Gasteiger partial charge is 0.320 e. The van der Waals surface area contributed by atoms with E-state index in [2.05, 4.69) is 23.1 Å². The molecule has 24 heavy (non-hydrogen) atoms. The summed E-state index contributed by atoms with van der Waals surface area (Å²) in [5, 5.41) is 1.07. The zero-order valence-corrected chi connectivity index (χ0v) is 14.5. The lowest BCUT2D eigenvalue weighted by atomic mass is 10.3. The SMILES string of the molecule is O=C(N1CCOCC1)N1CCCN(c2nc3ccccc3s2)CC1. The van der Waals surface area contributed by atoms with E-state index < -0.39 is 0 Å². The molecule has 0 spiro atoms. The summed E-state index contributed by atoms with van der Waals surface area (Å²) >= 11 is 1.74. The van der Waals surface area contributed by atoms with Gasteiger partial charge in [0.15, 0.2) is 5.13 Å². The summed E-state index contributed by atoms with van der Waals surface area (Å²) in [5.41, 5.74) is 1.06. The first-order chi connectivity index (χ1) is 11.8. The summed E-state index contributed by atoms with van der Waals surface area (Å²) in [7, 11) is 0. The number of ether oxygens (including phenoxy) is 1. The monoisotopic (exact) mass is 346 g/mol. The number of carbonyl (C=O) groups excluding carboxylic acids is 1. The second-order valence-corrected chi connectivity index (χ2v) is 7.18. The van der Waals surface area contributed by atoms with Crippen molar-refractivity contribution >= 4 is 32.7 Å². The third-order valence-corrected chi connectivity index (χ3v) is 5.70. The molecule has 2 aliphatic rings. The van der Waals surface area contributed by atoms with Crippen LogP contribution in [0.2, 0.25) is 0 Å². The Labute approximate surface area is 145 Å². The third kappa shape index (κ3) is 3.18. The van der Waals surface area contributed by atoms with Crippen molar-refractivity contribution < 1.29 is 9.53 Å². The van der Waals surface area contributed by atoms with Crippen molar-refractivity contribution in [2.45, 2.75) is 6.42 Å². The molecule has 2 saturated heterocycles. The molecular weight excluding hydrogens is 324 g/mol. The summed E-state index contributed by atoms with van der Waals surface area (Å²) in [4.78, 5) is 23.6. The number of fused-ring (bicyclic) bond motifs is 1. The number of aromatic nitrogens is 1. The van der Waals surface area contributed by atoms with E-state index >= 15 is 0 Å². The van der Waals surface area contributed by atoms with Crippen LogP contribution in [0.3, 0.4) is 0 Å². The molecule has 0 N–H and O–H groups in total. The highest BCUT2D eigenvalue weighted by atomic mass is 32.1. The molecule has 0 saturated carbocycles. The Morgan fingerprint density at radius 1 is 1.00 bits per heavy atom. The Bertz CT molecular complexity index is 680. The summed E-state index contributed by atoms with van der Waals surface area (Å²) in [6, 6.07) is 8.40. The van der Waals surface area contributed by atoms with Crippen LogP contribution in [0.5, 0.6) is 0 Å². The Balaban J connectivity index is 1.43. The summed E-state index contributed by atoms with van der Waals surface area (Å²) in [5.74, 6) is 0. The molecule has 0 aliphatic carbocycles. The lowest BCUT2D eigenvalue weighted by Gasteiger charge is -2.32. The van der Waals surface area contributed by atoms with E-state index in [1.54, 1.807) is 11.3 Å². The summed E-state index contributed by atoms with van der Waals surface area (Å²) in [6.07, 6.45) is 0.978. The van der Waals surface area contributed by atoms with Gasteiger partial charge in [-0.1, -0.05) is 23.5 Å². The zero-order valence-electron chi connectivity index (χ0n) is 13.7. The summed E-state index contributed by atoms with van der Waals surface area (Å²) < 4.78 is 6.56. The van der Waals surface area contributed by atoms with Crippen LogP contribution in [0.1, 0.15) is 6.42 Å². The Kier molecular flexibility index (Phi) is 4.53. The van der Waals surface area contributed by atoms with Crippen molar-refractivity contribution in [1.29, 1.82) is 0 Å². The van der Waals surface area contributed by atoms with Gasteiger partial charge >= 0.3 is 6.03 Å². The van der Waals surface area contributed by atoms with Crippen LogP contribution in [-0.2, 0) is 4.74 Å². The molecule has 0 unspecified atom stereocenters. The number of benzene rings is 1. The molecule has 1 aromatic heterocycles. The molecule has 1 aromatic carbocycles. The number of urea groups is 1. The van der Waals surface area contributed by atoms with Crippen molar-refractivity contribution in [2.24, 2.45) is 0 Å². The highest BCUT2D eigenvalue weighted by Crippen LogP contribution is 2.29. The van der Waals surface area contributed by atoms with Crippen LogP contribution in [-0.4, -0.2) is 73.3 Å². The molecule has 128 valence electrons. The fourth-order valence-electron chi connectivity index (χ4n) is 3.25. The topological polar surface area (TPSA) is 48.9 Å². The third-order valence-electron chi connectivity index (χ3n) is 4.60. The van der Waals surface area contributed by atoms with Gasteiger partial charge in [-0.2, -0.15) is 0 Å². The van der Waals surface area contributed by atoms with Gasteiger partial charge in [0.25, 0.3) is 0 Å². The van der Waals surface area contributed by atoms with Crippen molar-refractivity contribution in [3.8, 4) is 0 Å².